The third-order valence-corrected chi connectivity index (χ3v) is 15.7. The first kappa shape index (κ1) is 44.9. The van der Waals surface area contributed by atoms with Crippen molar-refractivity contribution in [2.24, 2.45) is 0 Å². The number of rotatable bonds is 13. The van der Waals surface area contributed by atoms with E-state index >= 15 is 17.6 Å². The molecular formula is C46H30F4N8S4. The Labute approximate surface area is 371 Å². The lowest BCUT2D eigenvalue weighted by Gasteiger charge is -2.14. The van der Waals surface area contributed by atoms with Gasteiger partial charge in [0.05, 0.1) is 22.3 Å². The minimum absolute atomic E-state index is 0.0641. The summed E-state index contributed by atoms with van der Waals surface area (Å²) < 4.78 is 64.1. The molecule has 0 spiro atoms. The molecule has 2 aliphatic carbocycles. The van der Waals surface area contributed by atoms with Gasteiger partial charge in [-0.15, -0.1) is 45.3 Å². The second-order valence-electron chi connectivity index (χ2n) is 14.3. The molecule has 4 heterocycles. The average molecular weight is 899 g/mol. The van der Waals surface area contributed by atoms with Gasteiger partial charge in [-0.2, -0.15) is 59.7 Å². The number of hydrogen-bond acceptors (Lipinski definition) is 12. The quantitative estimate of drug-likeness (QED) is 0.0719. The average Bonchev–Trinajstić information content (AvgIpc) is 4.11. The van der Waals surface area contributed by atoms with Crippen LogP contribution in [0.5, 0.6) is 0 Å². The van der Waals surface area contributed by atoms with Gasteiger partial charge in [-0.25, -0.2) is 0 Å². The standard InChI is InChI=1S/C46H30F4N8S4/c1-3-5-7-9-11-25-13-33(59-41(25)35-15-31-37(27(17-51)18-52)45(47,48)39(43(31)61-35)29(21-55)22-56)34-14-26(12-10-8-6-4-2)42(60-34)36-16-32-38(28(19-53)20-54)46(49,50)40(44(32)62-36)30(23-57)24-58/h13-16H,3-12H2,1-2H3. The van der Waals surface area contributed by atoms with Crippen LogP contribution in [-0.2, 0) is 12.8 Å². The van der Waals surface area contributed by atoms with E-state index in [-0.39, 0.29) is 20.9 Å². The molecule has 0 N–H and O–H groups in total. The van der Waals surface area contributed by atoms with Crippen LogP contribution in [0.15, 0.2) is 46.6 Å². The number of alkyl halides is 4. The van der Waals surface area contributed by atoms with Gasteiger partial charge < -0.3 is 0 Å². The van der Waals surface area contributed by atoms with Gasteiger partial charge in [-0.05, 0) is 61.1 Å². The van der Waals surface area contributed by atoms with E-state index < -0.39 is 56.4 Å². The topological polar surface area (TPSA) is 190 Å². The van der Waals surface area contributed by atoms with Crippen molar-refractivity contribution in [3.05, 3.63) is 78.6 Å². The van der Waals surface area contributed by atoms with Crippen molar-refractivity contribution in [2.45, 2.75) is 89.9 Å². The number of fused-ring (bicyclic) bond motifs is 2. The van der Waals surface area contributed by atoms with Crippen molar-refractivity contribution < 1.29 is 17.6 Å². The van der Waals surface area contributed by atoms with E-state index in [0.717, 1.165) is 105 Å². The third kappa shape index (κ3) is 7.77. The molecule has 0 fully saturated rings. The minimum Gasteiger partial charge on any atom is -0.196 e. The molecule has 0 aliphatic heterocycles. The Morgan fingerprint density at radius 3 is 1.03 bits per heavy atom. The van der Waals surface area contributed by atoms with E-state index in [4.69, 9.17) is 0 Å². The molecular weight excluding hydrogens is 869 g/mol. The van der Waals surface area contributed by atoms with Crippen molar-refractivity contribution in [1.29, 1.82) is 42.1 Å². The van der Waals surface area contributed by atoms with Crippen LogP contribution in [0.25, 0.3) is 51.6 Å². The zero-order valence-corrected chi connectivity index (χ0v) is 36.4. The van der Waals surface area contributed by atoms with Crippen molar-refractivity contribution in [2.75, 3.05) is 0 Å². The molecule has 4 aromatic heterocycles. The molecule has 4 aromatic rings. The second-order valence-corrected chi connectivity index (χ2v) is 18.5. The fourth-order valence-electron chi connectivity index (χ4n) is 7.67. The molecule has 0 atom stereocenters. The number of nitriles is 8. The number of thiophene rings is 4. The fraction of sp³-hybridized carbons (Fsp3) is 0.304. The Bertz CT molecular complexity index is 2590. The predicted octanol–water partition coefficient (Wildman–Crippen LogP) is 13.7. The summed E-state index contributed by atoms with van der Waals surface area (Å²) >= 11 is 4.74. The van der Waals surface area contributed by atoms with Crippen LogP contribution < -0.4 is 0 Å². The normalized spacial score (nSPS) is 14.0. The Morgan fingerprint density at radius 2 is 0.726 bits per heavy atom. The van der Waals surface area contributed by atoms with E-state index in [9.17, 15) is 42.1 Å². The van der Waals surface area contributed by atoms with Gasteiger partial charge in [0.2, 0.25) is 0 Å². The van der Waals surface area contributed by atoms with E-state index in [2.05, 4.69) is 13.8 Å². The molecule has 0 bridgehead atoms. The highest BCUT2D eigenvalue weighted by Crippen LogP contribution is 2.61. The van der Waals surface area contributed by atoms with Gasteiger partial charge in [0.15, 0.2) is 0 Å². The summed E-state index contributed by atoms with van der Waals surface area (Å²) in [4.78, 5) is 4.14. The molecule has 62 heavy (non-hydrogen) atoms. The number of unbranched alkanes of at least 4 members (excludes halogenated alkanes) is 6. The maximum Gasteiger partial charge on any atom is 0.304 e. The van der Waals surface area contributed by atoms with Crippen molar-refractivity contribution >= 4 is 67.6 Å². The maximum atomic E-state index is 16.0. The van der Waals surface area contributed by atoms with Gasteiger partial charge >= 0.3 is 11.8 Å². The number of allylic oxidation sites excluding steroid dienone is 8. The molecule has 6 rings (SSSR count). The first-order valence-corrected chi connectivity index (χ1v) is 22.6. The summed E-state index contributed by atoms with van der Waals surface area (Å²) in [5, 5.41) is 77.6. The monoisotopic (exact) mass is 898 g/mol. The Morgan fingerprint density at radius 1 is 0.419 bits per heavy atom. The highest BCUT2D eigenvalue weighted by molar-refractivity contribution is 7.29. The van der Waals surface area contributed by atoms with E-state index in [1.165, 1.54) is 34.8 Å². The molecule has 0 unspecified atom stereocenters. The minimum atomic E-state index is -3.94. The highest BCUT2D eigenvalue weighted by Gasteiger charge is 2.54. The van der Waals surface area contributed by atoms with Crippen molar-refractivity contribution in [1.82, 2.24) is 0 Å². The largest absolute Gasteiger partial charge is 0.304 e. The number of nitrogens with zero attached hydrogens (tertiary/aromatic N) is 8. The van der Waals surface area contributed by atoms with Crippen LogP contribution >= 0.6 is 45.3 Å². The summed E-state index contributed by atoms with van der Waals surface area (Å²) in [6.45, 7) is 4.18. The highest BCUT2D eigenvalue weighted by atomic mass is 32.1. The van der Waals surface area contributed by atoms with Gasteiger partial charge in [0.25, 0.3) is 0 Å². The molecule has 306 valence electrons. The van der Waals surface area contributed by atoms with Gasteiger partial charge in [0.1, 0.15) is 70.8 Å². The number of aryl methyl sites for hydroxylation is 2. The number of hydrogen-bond donors (Lipinski definition) is 0. The van der Waals surface area contributed by atoms with Crippen LogP contribution in [0.2, 0.25) is 0 Å². The molecule has 0 aromatic carbocycles. The van der Waals surface area contributed by atoms with Gasteiger partial charge in [-0.1, -0.05) is 52.4 Å². The zero-order chi connectivity index (χ0) is 44.9. The van der Waals surface area contributed by atoms with E-state index in [1.807, 2.05) is 12.1 Å². The molecule has 0 saturated heterocycles. The maximum absolute atomic E-state index is 16.0. The first-order valence-electron chi connectivity index (χ1n) is 19.4. The first-order chi connectivity index (χ1) is 29.8. The summed E-state index contributed by atoms with van der Waals surface area (Å²) in [6.07, 6.45) is 8.80. The van der Waals surface area contributed by atoms with E-state index in [1.54, 1.807) is 48.6 Å². The van der Waals surface area contributed by atoms with Gasteiger partial charge in [-0.3, -0.25) is 0 Å². The Kier molecular flexibility index (Phi) is 13.5. The number of halogens is 4. The molecule has 16 heteroatoms. The molecule has 0 radical (unpaired) electrons. The molecule has 8 nitrogen and oxygen atoms in total. The fourth-order valence-corrected chi connectivity index (χ4v) is 12.9. The summed E-state index contributed by atoms with van der Waals surface area (Å²) in [5.74, 6) is -7.88. The summed E-state index contributed by atoms with van der Waals surface area (Å²) in [5.41, 5.74) is -4.98. The van der Waals surface area contributed by atoms with Crippen LogP contribution in [-0.4, -0.2) is 11.8 Å². The van der Waals surface area contributed by atoms with Crippen molar-refractivity contribution in [3.8, 4) is 77.8 Å². The van der Waals surface area contributed by atoms with E-state index in [0.29, 0.717) is 22.6 Å². The van der Waals surface area contributed by atoms with Gasteiger partial charge in [0, 0.05) is 50.1 Å². The SMILES string of the molecule is CCCCCCc1cc(-c2cc(CCCCCC)c(-c3cc4c(s3)C(=C(C#N)C#N)C(F)(F)C4=C(C#N)C#N)s2)sc1-c1cc2c(s1)C(=C(C#N)C#N)C(F)(F)C2=C(C#N)C#N. The second kappa shape index (κ2) is 18.6. The summed E-state index contributed by atoms with van der Waals surface area (Å²) in [6, 6.07) is 19.5. The smallest absolute Gasteiger partial charge is 0.196 e. The van der Waals surface area contributed by atoms with Crippen molar-refractivity contribution in [3.63, 3.8) is 0 Å². The third-order valence-electron chi connectivity index (χ3n) is 10.5. The van der Waals surface area contributed by atoms with Crippen LogP contribution in [0, 0.1) is 90.6 Å². The lowest BCUT2D eigenvalue weighted by molar-refractivity contribution is 0.138. The predicted molar refractivity (Wildman–Crippen MR) is 232 cm³/mol. The Hall–Kier alpha value is -6.60. The Balaban J connectivity index is 1.56. The van der Waals surface area contributed by atoms with Crippen LogP contribution in [0.1, 0.15) is 97.2 Å². The lowest BCUT2D eigenvalue weighted by atomic mass is 9.99. The molecule has 2 aliphatic rings. The lowest BCUT2D eigenvalue weighted by Crippen LogP contribution is -2.16. The molecule has 0 amide bonds. The summed E-state index contributed by atoms with van der Waals surface area (Å²) in [7, 11) is 0. The van der Waals surface area contributed by atoms with Crippen LogP contribution in [0.4, 0.5) is 17.6 Å². The molecule has 0 saturated carbocycles. The zero-order valence-electron chi connectivity index (χ0n) is 33.1. The van der Waals surface area contributed by atoms with Crippen LogP contribution in [0.3, 0.4) is 0 Å².